The predicted molar refractivity (Wildman–Crippen MR) is 96.5 cm³/mol. The number of alkyl halides is 3. The Kier molecular flexibility index (Phi) is 7.50. The van der Waals surface area contributed by atoms with Gasteiger partial charge in [0.15, 0.2) is 0 Å². The Balaban J connectivity index is 0.000000345. The normalized spacial score (nSPS) is 18.8. The summed E-state index contributed by atoms with van der Waals surface area (Å²) in [7, 11) is 0. The molecule has 2 amide bonds. The first kappa shape index (κ1) is 22.3. The second-order valence-corrected chi connectivity index (χ2v) is 6.88. The number of anilines is 1. The van der Waals surface area contributed by atoms with Gasteiger partial charge in [0, 0.05) is 17.3 Å². The molecule has 1 aromatic rings. The maximum atomic E-state index is 12.4. The summed E-state index contributed by atoms with van der Waals surface area (Å²) >= 11 is 5.85. The molecule has 2 saturated heterocycles. The lowest BCUT2D eigenvalue weighted by atomic mass is 9.90. The van der Waals surface area contributed by atoms with Crippen molar-refractivity contribution in [2.45, 2.75) is 24.6 Å². The first-order valence-electron chi connectivity index (χ1n) is 8.58. The molecule has 0 unspecified atom stereocenters. The number of benzene rings is 1. The third-order valence-corrected chi connectivity index (χ3v) is 4.64. The minimum absolute atomic E-state index is 0.0708. The van der Waals surface area contributed by atoms with Crippen molar-refractivity contribution in [3.05, 3.63) is 29.3 Å². The molecule has 1 spiro atoms. The van der Waals surface area contributed by atoms with Crippen LogP contribution in [-0.2, 0) is 9.53 Å². The van der Waals surface area contributed by atoms with Gasteiger partial charge in [-0.1, -0.05) is 11.6 Å². The van der Waals surface area contributed by atoms with E-state index < -0.39 is 12.1 Å². The van der Waals surface area contributed by atoms with Gasteiger partial charge in [-0.3, -0.25) is 0 Å². The fourth-order valence-corrected chi connectivity index (χ4v) is 3.06. The lowest BCUT2D eigenvalue weighted by molar-refractivity contribution is -0.192. The van der Waals surface area contributed by atoms with Gasteiger partial charge in [-0.15, -0.1) is 0 Å². The summed E-state index contributed by atoms with van der Waals surface area (Å²) in [5, 5.41) is 14.0. The SMILES string of the molecule is O=C(Nc1ccc(Cl)cc1)N1CCOC2(CCNCC2)C1.O=C(O)C(F)(F)F. The second-order valence-electron chi connectivity index (χ2n) is 6.44. The minimum atomic E-state index is -5.08. The first-order chi connectivity index (χ1) is 13.1. The summed E-state index contributed by atoms with van der Waals surface area (Å²) in [5.41, 5.74) is 0.594. The Hall–Kier alpha value is -2.04. The molecule has 3 N–H and O–H groups in total. The van der Waals surface area contributed by atoms with E-state index in [1.807, 2.05) is 4.90 Å². The smallest absolute Gasteiger partial charge is 0.475 e. The molecule has 0 bridgehead atoms. The highest BCUT2D eigenvalue weighted by Gasteiger charge is 2.39. The summed E-state index contributed by atoms with van der Waals surface area (Å²) in [6, 6.07) is 7.08. The van der Waals surface area contributed by atoms with Gasteiger partial charge in [-0.2, -0.15) is 13.2 Å². The Morgan fingerprint density at radius 1 is 1.21 bits per heavy atom. The van der Waals surface area contributed by atoms with Gasteiger partial charge in [-0.05, 0) is 50.2 Å². The Morgan fingerprint density at radius 2 is 1.79 bits per heavy atom. The van der Waals surface area contributed by atoms with E-state index in [0.29, 0.717) is 24.7 Å². The lowest BCUT2D eigenvalue weighted by Crippen LogP contribution is -2.58. The minimum Gasteiger partial charge on any atom is -0.475 e. The molecule has 0 radical (unpaired) electrons. The van der Waals surface area contributed by atoms with Crippen molar-refractivity contribution in [2.75, 3.05) is 38.1 Å². The van der Waals surface area contributed by atoms with Gasteiger partial charge >= 0.3 is 18.2 Å². The van der Waals surface area contributed by atoms with Crippen LogP contribution in [0.1, 0.15) is 12.8 Å². The second kappa shape index (κ2) is 9.44. The number of hydrogen-bond acceptors (Lipinski definition) is 4. The van der Waals surface area contributed by atoms with E-state index in [1.165, 1.54) is 0 Å². The Morgan fingerprint density at radius 3 is 2.32 bits per heavy atom. The molecular formula is C17H21ClF3N3O4. The fraction of sp³-hybridized carbons (Fsp3) is 0.529. The molecule has 156 valence electrons. The highest BCUT2D eigenvalue weighted by molar-refractivity contribution is 6.30. The van der Waals surface area contributed by atoms with E-state index in [9.17, 15) is 18.0 Å². The number of amides is 2. The number of piperidine rings is 1. The molecule has 2 aliphatic rings. The van der Waals surface area contributed by atoms with E-state index in [0.717, 1.165) is 31.6 Å². The van der Waals surface area contributed by atoms with Crippen LogP contribution in [0.4, 0.5) is 23.7 Å². The van der Waals surface area contributed by atoms with Gasteiger partial charge in [0.2, 0.25) is 0 Å². The Labute approximate surface area is 164 Å². The highest BCUT2D eigenvalue weighted by atomic mass is 35.5. The molecule has 0 atom stereocenters. The number of morpholine rings is 1. The maximum absolute atomic E-state index is 12.4. The quantitative estimate of drug-likeness (QED) is 0.646. The molecule has 28 heavy (non-hydrogen) atoms. The van der Waals surface area contributed by atoms with E-state index in [-0.39, 0.29) is 11.6 Å². The third kappa shape index (κ3) is 6.54. The number of nitrogens with one attached hydrogen (secondary N) is 2. The number of carbonyl (C=O) groups excluding carboxylic acids is 1. The zero-order valence-corrected chi connectivity index (χ0v) is 15.6. The average Bonchev–Trinajstić information content (AvgIpc) is 2.64. The number of hydrogen-bond donors (Lipinski definition) is 3. The highest BCUT2D eigenvalue weighted by Crippen LogP contribution is 2.28. The number of nitrogens with zero attached hydrogens (tertiary/aromatic N) is 1. The molecule has 2 aliphatic heterocycles. The van der Waals surface area contributed by atoms with Crippen LogP contribution in [0.5, 0.6) is 0 Å². The maximum Gasteiger partial charge on any atom is 0.490 e. The number of rotatable bonds is 1. The van der Waals surface area contributed by atoms with Crippen molar-refractivity contribution >= 4 is 29.3 Å². The summed E-state index contributed by atoms with van der Waals surface area (Å²) in [5.74, 6) is -2.76. The number of ether oxygens (including phenoxy) is 1. The monoisotopic (exact) mass is 423 g/mol. The molecule has 0 saturated carbocycles. The van der Waals surface area contributed by atoms with Crippen LogP contribution in [0, 0.1) is 0 Å². The summed E-state index contributed by atoms with van der Waals surface area (Å²) in [6.45, 7) is 3.80. The van der Waals surface area contributed by atoms with Gasteiger partial charge in [-0.25, -0.2) is 9.59 Å². The van der Waals surface area contributed by atoms with Crippen LogP contribution in [0.3, 0.4) is 0 Å². The van der Waals surface area contributed by atoms with Crippen LogP contribution < -0.4 is 10.6 Å². The zero-order valence-electron chi connectivity index (χ0n) is 14.9. The van der Waals surface area contributed by atoms with Gasteiger partial charge in [0.05, 0.1) is 18.8 Å². The van der Waals surface area contributed by atoms with Crippen molar-refractivity contribution in [3.63, 3.8) is 0 Å². The molecule has 0 aliphatic carbocycles. The number of aliphatic carboxylic acids is 1. The van der Waals surface area contributed by atoms with Gasteiger partial charge < -0.3 is 25.4 Å². The van der Waals surface area contributed by atoms with Crippen molar-refractivity contribution in [1.82, 2.24) is 10.2 Å². The standard InChI is InChI=1S/C15H20ClN3O2.C2HF3O2/c16-12-1-3-13(4-2-12)18-14(20)19-9-10-21-15(11-19)5-7-17-8-6-15;3-2(4,5)1(6)7/h1-4,17H,5-11H2,(H,18,20);(H,6,7). The van der Waals surface area contributed by atoms with Crippen molar-refractivity contribution in [1.29, 1.82) is 0 Å². The van der Waals surface area contributed by atoms with Gasteiger partial charge in [0.25, 0.3) is 0 Å². The first-order valence-corrected chi connectivity index (χ1v) is 8.95. The number of carboxylic acid groups (broad SMARTS) is 1. The molecule has 2 heterocycles. The molecule has 1 aromatic carbocycles. The summed E-state index contributed by atoms with van der Waals surface area (Å²) < 4.78 is 37.7. The summed E-state index contributed by atoms with van der Waals surface area (Å²) in [4.78, 5) is 23.1. The molecule has 7 nitrogen and oxygen atoms in total. The summed E-state index contributed by atoms with van der Waals surface area (Å²) in [6.07, 6.45) is -3.17. The van der Waals surface area contributed by atoms with Crippen LogP contribution in [0.25, 0.3) is 0 Å². The van der Waals surface area contributed by atoms with Crippen molar-refractivity contribution in [2.24, 2.45) is 0 Å². The van der Waals surface area contributed by atoms with Gasteiger partial charge in [0.1, 0.15) is 0 Å². The Bertz CT molecular complexity index is 674. The van der Waals surface area contributed by atoms with Crippen LogP contribution in [0.2, 0.25) is 5.02 Å². The molecule has 11 heteroatoms. The lowest BCUT2D eigenvalue weighted by Gasteiger charge is -2.45. The van der Waals surface area contributed by atoms with E-state index in [2.05, 4.69) is 10.6 Å². The predicted octanol–water partition coefficient (Wildman–Crippen LogP) is 2.96. The number of urea groups is 1. The van der Waals surface area contributed by atoms with Crippen LogP contribution in [-0.4, -0.2) is 66.6 Å². The fourth-order valence-electron chi connectivity index (χ4n) is 2.94. The number of carboxylic acids is 1. The molecule has 3 rings (SSSR count). The largest absolute Gasteiger partial charge is 0.490 e. The van der Waals surface area contributed by atoms with Crippen LogP contribution >= 0.6 is 11.6 Å². The number of carbonyl (C=O) groups is 2. The number of halogens is 4. The molecule has 2 fully saturated rings. The average molecular weight is 424 g/mol. The van der Waals surface area contributed by atoms with E-state index in [1.54, 1.807) is 24.3 Å². The molecular weight excluding hydrogens is 403 g/mol. The van der Waals surface area contributed by atoms with E-state index >= 15 is 0 Å². The van der Waals surface area contributed by atoms with E-state index in [4.69, 9.17) is 26.2 Å². The zero-order chi connectivity index (χ0) is 20.8. The van der Waals surface area contributed by atoms with Crippen molar-refractivity contribution < 1.29 is 32.6 Å². The molecule has 0 aromatic heterocycles. The van der Waals surface area contributed by atoms with Crippen molar-refractivity contribution in [3.8, 4) is 0 Å². The topological polar surface area (TPSA) is 90.9 Å². The van der Waals surface area contributed by atoms with Crippen LogP contribution in [0.15, 0.2) is 24.3 Å². The third-order valence-electron chi connectivity index (χ3n) is 4.39.